The molecule has 7 heteroatoms. The number of aliphatic imine (C=N–C) groups is 1. The molecule has 0 aromatic carbocycles. The molecule has 0 saturated carbocycles. The lowest BCUT2D eigenvalue weighted by Crippen LogP contribution is -2.58. The Morgan fingerprint density at radius 2 is 1.91 bits per heavy atom. The molecule has 0 bridgehead atoms. The first kappa shape index (κ1) is 17.5. The highest BCUT2D eigenvalue weighted by Gasteiger charge is 2.50. The smallest absolute Gasteiger partial charge is 0.161 e. The number of fused-ring (bicyclic) bond motifs is 1. The number of thioether (sulfide) groups is 1. The van der Waals surface area contributed by atoms with Crippen molar-refractivity contribution in [1.82, 2.24) is 4.90 Å². The van der Waals surface area contributed by atoms with Crippen LogP contribution in [0.4, 0.5) is 0 Å². The fourth-order valence-corrected chi connectivity index (χ4v) is 3.66. The molecule has 0 aromatic rings. The predicted molar refractivity (Wildman–Crippen MR) is 88.1 cm³/mol. The normalized spacial score (nSPS) is 34.0. The molecule has 22 heavy (non-hydrogen) atoms. The highest BCUT2D eigenvalue weighted by atomic mass is 32.2. The zero-order valence-electron chi connectivity index (χ0n) is 13.1. The summed E-state index contributed by atoms with van der Waals surface area (Å²) in [5.74, 6) is 0. The first-order chi connectivity index (χ1) is 10.6. The molecule has 1 N–H and O–H groups in total. The second kappa shape index (κ2) is 8.12. The van der Waals surface area contributed by atoms with Gasteiger partial charge in [0.05, 0.1) is 19.8 Å². The molecule has 0 aliphatic carbocycles. The van der Waals surface area contributed by atoms with Gasteiger partial charge in [-0.3, -0.25) is 4.99 Å². The van der Waals surface area contributed by atoms with Crippen LogP contribution in [0.1, 0.15) is 0 Å². The Balaban J connectivity index is 2.22. The molecule has 1 saturated heterocycles. The fourth-order valence-electron chi connectivity index (χ4n) is 2.51. The molecule has 0 amide bonds. The minimum absolute atomic E-state index is 0.128. The molecule has 2 aliphatic rings. The largest absolute Gasteiger partial charge is 0.394 e. The van der Waals surface area contributed by atoms with Crippen molar-refractivity contribution in [1.29, 1.82) is 0 Å². The maximum atomic E-state index is 9.64. The van der Waals surface area contributed by atoms with Gasteiger partial charge in [-0.25, -0.2) is 0 Å². The van der Waals surface area contributed by atoms with Gasteiger partial charge in [-0.05, 0) is 0 Å². The van der Waals surface area contributed by atoms with E-state index in [1.165, 1.54) is 0 Å². The molecule has 0 aromatic heterocycles. The van der Waals surface area contributed by atoms with Crippen LogP contribution >= 0.6 is 11.8 Å². The van der Waals surface area contributed by atoms with Crippen LogP contribution in [0.3, 0.4) is 0 Å². The van der Waals surface area contributed by atoms with Crippen molar-refractivity contribution in [3.63, 3.8) is 0 Å². The molecule has 5 atom stereocenters. The number of rotatable bonds is 7. The average molecular weight is 328 g/mol. The second-order valence-corrected chi connectivity index (χ2v) is 6.38. The van der Waals surface area contributed by atoms with Crippen molar-refractivity contribution in [3.8, 4) is 0 Å². The summed E-state index contributed by atoms with van der Waals surface area (Å²) >= 11 is 1.55. The number of nitrogens with zero attached hydrogens (tertiary/aromatic N) is 2. The second-order valence-electron chi connectivity index (χ2n) is 5.31. The van der Waals surface area contributed by atoms with E-state index in [2.05, 4.69) is 13.2 Å². The van der Waals surface area contributed by atoms with Crippen LogP contribution in [0.2, 0.25) is 0 Å². The Morgan fingerprint density at radius 1 is 1.27 bits per heavy atom. The van der Waals surface area contributed by atoms with Crippen molar-refractivity contribution in [2.24, 2.45) is 4.99 Å². The standard InChI is InChI=1S/C15H24N2O4S/c1-5-7-19-12-10(9-18)21-14-11(13(12)20-8-6-2)16-15(22-14)17(3)4/h5-6,10-14,18H,1-2,7-9H2,3-4H3/t10-,11-,12-,13-,14-/m1/s1. The van der Waals surface area contributed by atoms with E-state index in [1.807, 2.05) is 19.0 Å². The molecular weight excluding hydrogens is 304 g/mol. The number of aliphatic hydroxyl groups is 1. The van der Waals surface area contributed by atoms with Crippen molar-refractivity contribution in [2.45, 2.75) is 29.8 Å². The summed E-state index contributed by atoms with van der Waals surface area (Å²) in [5.41, 5.74) is -0.173. The van der Waals surface area contributed by atoms with Crippen LogP contribution in [0.15, 0.2) is 30.3 Å². The van der Waals surface area contributed by atoms with Crippen molar-refractivity contribution < 1.29 is 19.3 Å². The van der Waals surface area contributed by atoms with Crippen LogP contribution < -0.4 is 0 Å². The number of hydrogen-bond donors (Lipinski definition) is 1. The van der Waals surface area contributed by atoms with E-state index < -0.39 is 12.2 Å². The van der Waals surface area contributed by atoms with Gasteiger partial charge < -0.3 is 24.2 Å². The molecule has 0 spiro atoms. The molecule has 2 aliphatic heterocycles. The zero-order chi connectivity index (χ0) is 16.1. The Hall–Kier alpha value is -0.860. The van der Waals surface area contributed by atoms with Gasteiger partial charge >= 0.3 is 0 Å². The predicted octanol–water partition coefficient (Wildman–Crippen LogP) is 0.879. The molecule has 0 unspecified atom stereocenters. The maximum absolute atomic E-state index is 9.64. The van der Waals surface area contributed by atoms with Gasteiger partial charge in [0, 0.05) is 14.1 Å². The molecule has 2 heterocycles. The summed E-state index contributed by atoms with van der Waals surface area (Å²) < 4.78 is 17.7. The quantitative estimate of drug-likeness (QED) is 0.700. The summed E-state index contributed by atoms with van der Waals surface area (Å²) in [4.78, 5) is 6.65. The summed E-state index contributed by atoms with van der Waals surface area (Å²) in [7, 11) is 3.88. The van der Waals surface area contributed by atoms with Gasteiger partial charge in [-0.2, -0.15) is 0 Å². The molecular formula is C15H24N2O4S. The lowest BCUT2D eigenvalue weighted by Gasteiger charge is -2.41. The number of ether oxygens (including phenoxy) is 3. The number of amidine groups is 1. The molecule has 2 rings (SSSR count). The summed E-state index contributed by atoms with van der Waals surface area (Å²) in [5, 5.41) is 10.5. The Bertz CT molecular complexity index is 430. The van der Waals surface area contributed by atoms with E-state index in [0.29, 0.717) is 13.2 Å². The van der Waals surface area contributed by atoms with Gasteiger partial charge in [-0.15, -0.1) is 13.2 Å². The topological polar surface area (TPSA) is 63.5 Å². The van der Waals surface area contributed by atoms with Crippen molar-refractivity contribution >= 4 is 16.9 Å². The van der Waals surface area contributed by atoms with E-state index in [9.17, 15) is 5.11 Å². The van der Waals surface area contributed by atoms with Crippen LogP contribution in [-0.4, -0.2) is 78.9 Å². The first-order valence-corrected chi connectivity index (χ1v) is 8.13. The van der Waals surface area contributed by atoms with Crippen LogP contribution in [0, 0.1) is 0 Å². The third-order valence-corrected chi connectivity index (χ3v) is 4.77. The van der Waals surface area contributed by atoms with E-state index in [0.717, 1.165) is 5.17 Å². The van der Waals surface area contributed by atoms with E-state index in [-0.39, 0.29) is 24.2 Å². The molecule has 1 fully saturated rings. The van der Waals surface area contributed by atoms with E-state index >= 15 is 0 Å². The zero-order valence-corrected chi connectivity index (χ0v) is 13.9. The van der Waals surface area contributed by atoms with Crippen LogP contribution in [0.5, 0.6) is 0 Å². The lowest BCUT2D eigenvalue weighted by molar-refractivity contribution is -0.192. The van der Waals surface area contributed by atoms with Gasteiger partial charge in [0.15, 0.2) is 5.17 Å². The number of aliphatic hydroxyl groups excluding tert-OH is 1. The summed E-state index contributed by atoms with van der Waals surface area (Å²) in [6, 6.07) is -0.167. The van der Waals surface area contributed by atoms with E-state index in [4.69, 9.17) is 19.2 Å². The lowest BCUT2D eigenvalue weighted by atomic mass is 9.98. The van der Waals surface area contributed by atoms with Gasteiger partial charge in [0.1, 0.15) is 29.8 Å². The Morgan fingerprint density at radius 3 is 2.45 bits per heavy atom. The van der Waals surface area contributed by atoms with Gasteiger partial charge in [0.2, 0.25) is 0 Å². The summed E-state index contributed by atoms with van der Waals surface area (Å²) in [6.07, 6.45) is 2.24. The minimum Gasteiger partial charge on any atom is -0.394 e. The summed E-state index contributed by atoms with van der Waals surface area (Å²) in [6.45, 7) is 7.99. The fraction of sp³-hybridized carbons (Fsp3) is 0.667. The Labute approximate surface area is 135 Å². The molecule has 124 valence electrons. The third kappa shape index (κ3) is 3.72. The Kier molecular flexibility index (Phi) is 6.46. The van der Waals surface area contributed by atoms with Gasteiger partial charge in [0.25, 0.3) is 0 Å². The van der Waals surface area contributed by atoms with Crippen molar-refractivity contribution in [2.75, 3.05) is 33.9 Å². The highest BCUT2D eigenvalue weighted by molar-refractivity contribution is 8.14. The first-order valence-electron chi connectivity index (χ1n) is 7.25. The number of hydrogen-bond acceptors (Lipinski definition) is 7. The SMILES string of the molecule is C=CCO[C@@H]1[C@H]2N=C(N(C)C)S[C@H]2O[C@H](CO)[C@H]1OCC=C. The van der Waals surface area contributed by atoms with E-state index in [1.54, 1.807) is 23.9 Å². The van der Waals surface area contributed by atoms with Crippen LogP contribution in [-0.2, 0) is 14.2 Å². The average Bonchev–Trinajstić information content (AvgIpc) is 2.94. The van der Waals surface area contributed by atoms with Crippen LogP contribution in [0.25, 0.3) is 0 Å². The van der Waals surface area contributed by atoms with Crippen molar-refractivity contribution in [3.05, 3.63) is 25.3 Å². The maximum Gasteiger partial charge on any atom is 0.161 e. The molecule has 0 radical (unpaired) electrons. The third-order valence-electron chi connectivity index (χ3n) is 3.47. The minimum atomic E-state index is -0.444. The molecule has 6 nitrogen and oxygen atoms in total. The van der Waals surface area contributed by atoms with Gasteiger partial charge in [-0.1, -0.05) is 23.9 Å². The monoisotopic (exact) mass is 328 g/mol. The highest BCUT2D eigenvalue weighted by Crippen LogP contribution is 2.39.